The Hall–Kier alpha value is -1.71. The zero-order valence-corrected chi connectivity index (χ0v) is 6.69. The van der Waals surface area contributed by atoms with Gasteiger partial charge >= 0.3 is 0 Å². The summed E-state index contributed by atoms with van der Waals surface area (Å²) in [7, 11) is 1.57. The SMILES string of the molecule is CNC(=O)/C=C/c1cnccn1. The lowest BCUT2D eigenvalue weighted by Crippen LogP contribution is -2.13. The highest BCUT2D eigenvalue weighted by Gasteiger charge is 1.89. The Kier molecular flexibility index (Phi) is 2.95. The van der Waals surface area contributed by atoms with Crippen molar-refractivity contribution >= 4 is 12.0 Å². The molecule has 0 saturated heterocycles. The maximum atomic E-state index is 10.7. The number of rotatable bonds is 2. The second kappa shape index (κ2) is 4.23. The van der Waals surface area contributed by atoms with E-state index in [2.05, 4.69) is 15.3 Å². The van der Waals surface area contributed by atoms with E-state index >= 15 is 0 Å². The quantitative estimate of drug-likeness (QED) is 0.635. The van der Waals surface area contributed by atoms with E-state index in [1.807, 2.05) is 0 Å². The zero-order chi connectivity index (χ0) is 8.81. The van der Waals surface area contributed by atoms with E-state index in [-0.39, 0.29) is 5.91 Å². The van der Waals surface area contributed by atoms with Gasteiger partial charge in [-0.25, -0.2) is 0 Å². The molecular weight excluding hydrogens is 154 g/mol. The van der Waals surface area contributed by atoms with Gasteiger partial charge in [-0.3, -0.25) is 14.8 Å². The molecule has 0 spiro atoms. The molecule has 1 rings (SSSR count). The Morgan fingerprint density at radius 3 is 3.00 bits per heavy atom. The van der Waals surface area contributed by atoms with Crippen LogP contribution in [0, 0.1) is 0 Å². The Balaban J connectivity index is 2.64. The van der Waals surface area contributed by atoms with E-state index < -0.39 is 0 Å². The van der Waals surface area contributed by atoms with Crippen molar-refractivity contribution in [3.63, 3.8) is 0 Å². The molecule has 0 aliphatic heterocycles. The highest BCUT2D eigenvalue weighted by molar-refractivity contribution is 5.91. The number of nitrogens with zero attached hydrogens (tertiary/aromatic N) is 2. The Bertz CT molecular complexity index is 282. The predicted molar refractivity (Wildman–Crippen MR) is 45.1 cm³/mol. The molecule has 0 aromatic carbocycles. The molecule has 0 aliphatic rings. The molecule has 12 heavy (non-hydrogen) atoms. The second-order valence-electron chi connectivity index (χ2n) is 2.08. The Morgan fingerprint density at radius 2 is 2.42 bits per heavy atom. The molecule has 0 atom stereocenters. The van der Waals surface area contributed by atoms with Crippen LogP contribution in [0.25, 0.3) is 6.08 Å². The molecule has 1 aromatic rings. The van der Waals surface area contributed by atoms with Gasteiger partial charge in [-0.1, -0.05) is 0 Å². The third-order valence-electron chi connectivity index (χ3n) is 1.24. The van der Waals surface area contributed by atoms with Gasteiger partial charge in [-0.2, -0.15) is 0 Å². The molecule has 0 bridgehead atoms. The van der Waals surface area contributed by atoms with E-state index in [0.717, 1.165) is 0 Å². The predicted octanol–water partition coefficient (Wildman–Crippen LogP) is 0.236. The molecule has 1 aromatic heterocycles. The summed E-state index contributed by atoms with van der Waals surface area (Å²) in [5, 5.41) is 2.46. The lowest BCUT2D eigenvalue weighted by molar-refractivity contribution is -0.115. The van der Waals surface area contributed by atoms with E-state index in [9.17, 15) is 4.79 Å². The van der Waals surface area contributed by atoms with Crippen LogP contribution in [0.4, 0.5) is 0 Å². The number of carbonyl (C=O) groups is 1. The van der Waals surface area contributed by atoms with Crippen molar-refractivity contribution in [3.05, 3.63) is 30.4 Å². The number of hydrogen-bond donors (Lipinski definition) is 1. The number of aromatic nitrogens is 2. The Morgan fingerprint density at radius 1 is 1.58 bits per heavy atom. The molecule has 62 valence electrons. The van der Waals surface area contributed by atoms with Crippen molar-refractivity contribution in [2.24, 2.45) is 0 Å². The van der Waals surface area contributed by atoms with E-state index in [4.69, 9.17) is 0 Å². The van der Waals surface area contributed by atoms with Gasteiger partial charge in [0.1, 0.15) is 0 Å². The van der Waals surface area contributed by atoms with Gasteiger partial charge in [-0.15, -0.1) is 0 Å². The van der Waals surface area contributed by atoms with Crippen LogP contribution in [0.1, 0.15) is 5.69 Å². The average Bonchev–Trinajstić information content (AvgIpc) is 2.16. The minimum Gasteiger partial charge on any atom is -0.356 e. The molecule has 4 nitrogen and oxygen atoms in total. The number of carbonyl (C=O) groups excluding carboxylic acids is 1. The molecule has 4 heteroatoms. The summed E-state index contributed by atoms with van der Waals surface area (Å²) in [5.74, 6) is -0.152. The van der Waals surface area contributed by atoms with Gasteiger partial charge in [0.25, 0.3) is 0 Å². The number of hydrogen-bond acceptors (Lipinski definition) is 3. The maximum Gasteiger partial charge on any atom is 0.243 e. The third kappa shape index (κ3) is 2.49. The van der Waals surface area contributed by atoms with Gasteiger partial charge in [0, 0.05) is 25.5 Å². The maximum absolute atomic E-state index is 10.7. The van der Waals surface area contributed by atoms with Crippen LogP contribution < -0.4 is 5.32 Å². The summed E-state index contributed by atoms with van der Waals surface area (Å²) in [4.78, 5) is 18.5. The molecular formula is C8H9N3O. The van der Waals surface area contributed by atoms with E-state index in [1.165, 1.54) is 6.08 Å². The summed E-state index contributed by atoms with van der Waals surface area (Å²) in [6, 6.07) is 0. The fraction of sp³-hybridized carbons (Fsp3) is 0.125. The van der Waals surface area contributed by atoms with Crippen molar-refractivity contribution in [1.29, 1.82) is 0 Å². The molecule has 0 unspecified atom stereocenters. The van der Waals surface area contributed by atoms with Gasteiger partial charge in [0.2, 0.25) is 5.91 Å². The molecule has 1 N–H and O–H groups in total. The minimum absolute atomic E-state index is 0.152. The molecule has 1 heterocycles. The largest absolute Gasteiger partial charge is 0.356 e. The van der Waals surface area contributed by atoms with Crippen LogP contribution in [0.3, 0.4) is 0 Å². The fourth-order valence-electron chi connectivity index (χ4n) is 0.641. The number of likely N-dealkylation sites (N-methyl/N-ethyl adjacent to an activating group) is 1. The summed E-state index contributed by atoms with van der Waals surface area (Å²) in [6.07, 6.45) is 7.75. The topological polar surface area (TPSA) is 54.9 Å². The van der Waals surface area contributed by atoms with E-state index in [1.54, 1.807) is 31.7 Å². The van der Waals surface area contributed by atoms with Gasteiger partial charge in [-0.05, 0) is 6.08 Å². The van der Waals surface area contributed by atoms with Crippen molar-refractivity contribution in [2.75, 3.05) is 7.05 Å². The van der Waals surface area contributed by atoms with Gasteiger partial charge < -0.3 is 5.32 Å². The molecule has 0 saturated carbocycles. The first-order valence-electron chi connectivity index (χ1n) is 3.49. The van der Waals surface area contributed by atoms with Crippen molar-refractivity contribution in [2.45, 2.75) is 0 Å². The smallest absolute Gasteiger partial charge is 0.243 e. The van der Waals surface area contributed by atoms with Crippen molar-refractivity contribution < 1.29 is 4.79 Å². The highest BCUT2D eigenvalue weighted by atomic mass is 16.1. The molecule has 0 radical (unpaired) electrons. The summed E-state index contributed by atoms with van der Waals surface area (Å²) < 4.78 is 0. The summed E-state index contributed by atoms with van der Waals surface area (Å²) >= 11 is 0. The number of amides is 1. The monoisotopic (exact) mass is 163 g/mol. The molecule has 0 aliphatic carbocycles. The number of nitrogens with one attached hydrogen (secondary N) is 1. The van der Waals surface area contributed by atoms with Gasteiger partial charge in [0.15, 0.2) is 0 Å². The normalized spacial score (nSPS) is 10.1. The van der Waals surface area contributed by atoms with Crippen LogP contribution in [-0.4, -0.2) is 22.9 Å². The molecule has 0 fully saturated rings. The van der Waals surface area contributed by atoms with E-state index in [0.29, 0.717) is 5.69 Å². The third-order valence-corrected chi connectivity index (χ3v) is 1.24. The first-order chi connectivity index (χ1) is 5.83. The highest BCUT2D eigenvalue weighted by Crippen LogP contribution is 1.92. The second-order valence-corrected chi connectivity index (χ2v) is 2.08. The molecule has 1 amide bonds. The standard InChI is InChI=1S/C8H9N3O/c1-9-8(12)3-2-7-6-10-4-5-11-7/h2-6H,1H3,(H,9,12)/b3-2+. The van der Waals surface area contributed by atoms with Crippen LogP contribution in [-0.2, 0) is 4.79 Å². The lowest BCUT2D eigenvalue weighted by Gasteiger charge is -1.90. The van der Waals surface area contributed by atoms with Crippen LogP contribution >= 0.6 is 0 Å². The van der Waals surface area contributed by atoms with Crippen molar-refractivity contribution in [3.8, 4) is 0 Å². The lowest BCUT2D eigenvalue weighted by atomic mass is 10.4. The van der Waals surface area contributed by atoms with Gasteiger partial charge in [0.05, 0.1) is 11.9 Å². The van der Waals surface area contributed by atoms with Crippen LogP contribution in [0.5, 0.6) is 0 Å². The van der Waals surface area contributed by atoms with Crippen molar-refractivity contribution in [1.82, 2.24) is 15.3 Å². The fourth-order valence-corrected chi connectivity index (χ4v) is 0.641. The Labute approximate surface area is 70.4 Å². The van der Waals surface area contributed by atoms with Crippen LogP contribution in [0.15, 0.2) is 24.7 Å². The zero-order valence-electron chi connectivity index (χ0n) is 6.69. The minimum atomic E-state index is -0.152. The average molecular weight is 163 g/mol. The first kappa shape index (κ1) is 8.39. The summed E-state index contributed by atoms with van der Waals surface area (Å²) in [5.41, 5.74) is 0.668. The summed E-state index contributed by atoms with van der Waals surface area (Å²) in [6.45, 7) is 0. The first-order valence-corrected chi connectivity index (χ1v) is 3.49. The van der Waals surface area contributed by atoms with Crippen LogP contribution in [0.2, 0.25) is 0 Å².